The number of rotatable bonds is 5. The molecule has 0 bridgehead atoms. The third-order valence-corrected chi connectivity index (χ3v) is 3.15. The van der Waals surface area contributed by atoms with Crippen molar-refractivity contribution in [2.75, 3.05) is 31.7 Å². The van der Waals surface area contributed by atoms with Gasteiger partial charge in [0, 0.05) is 19.2 Å². The van der Waals surface area contributed by atoms with Crippen LogP contribution in [0, 0.1) is 0 Å². The molecule has 1 aliphatic rings. The van der Waals surface area contributed by atoms with Crippen molar-refractivity contribution in [2.24, 2.45) is 0 Å². The Kier molecular flexibility index (Phi) is 4.31. The number of methoxy groups -OCH3 is 1. The van der Waals surface area contributed by atoms with Crippen molar-refractivity contribution in [3.8, 4) is 11.5 Å². The predicted molar refractivity (Wildman–Crippen MR) is 71.6 cm³/mol. The molecule has 1 heterocycles. The summed E-state index contributed by atoms with van der Waals surface area (Å²) in [6.07, 6.45) is 2.02. The minimum Gasteiger partial charge on any atom is -0.497 e. The summed E-state index contributed by atoms with van der Waals surface area (Å²) >= 11 is 0. The van der Waals surface area contributed by atoms with Gasteiger partial charge in [-0.3, -0.25) is 0 Å². The molecule has 1 unspecified atom stereocenters. The van der Waals surface area contributed by atoms with Gasteiger partial charge < -0.3 is 19.5 Å². The van der Waals surface area contributed by atoms with Crippen molar-refractivity contribution in [2.45, 2.75) is 25.9 Å². The second kappa shape index (κ2) is 5.96. The molecule has 1 aliphatic heterocycles. The summed E-state index contributed by atoms with van der Waals surface area (Å²) in [4.78, 5) is 2.31. The van der Waals surface area contributed by atoms with Gasteiger partial charge in [-0.2, -0.15) is 0 Å². The standard InChI is InChI=1S/C14H21NO3/c1-11-10-15(7-3-4-8-16)13-9-12(17-2)5-6-14(13)18-11/h5-6,9,11,16H,3-4,7-8,10H2,1-2H3. The molecule has 4 heteroatoms. The van der Waals surface area contributed by atoms with Crippen molar-refractivity contribution < 1.29 is 14.6 Å². The number of hydrogen-bond donors (Lipinski definition) is 1. The van der Waals surface area contributed by atoms with E-state index in [1.165, 1.54) is 0 Å². The fraction of sp³-hybridized carbons (Fsp3) is 0.571. The maximum absolute atomic E-state index is 8.86. The van der Waals surface area contributed by atoms with Crippen LogP contribution in [0.25, 0.3) is 0 Å². The number of nitrogens with zero attached hydrogens (tertiary/aromatic N) is 1. The van der Waals surface area contributed by atoms with Crippen molar-refractivity contribution in [1.82, 2.24) is 0 Å². The Morgan fingerprint density at radius 2 is 2.28 bits per heavy atom. The van der Waals surface area contributed by atoms with Crippen LogP contribution in [-0.2, 0) is 0 Å². The summed E-state index contributed by atoms with van der Waals surface area (Å²) in [5.74, 6) is 1.76. The lowest BCUT2D eigenvalue weighted by molar-refractivity contribution is 0.211. The summed E-state index contributed by atoms with van der Waals surface area (Å²) in [7, 11) is 1.67. The summed E-state index contributed by atoms with van der Waals surface area (Å²) < 4.78 is 11.1. The normalized spacial score (nSPS) is 18.2. The number of aliphatic hydroxyl groups excluding tert-OH is 1. The van der Waals surface area contributed by atoms with Crippen LogP contribution in [0.5, 0.6) is 11.5 Å². The topological polar surface area (TPSA) is 41.9 Å². The number of aliphatic hydroxyl groups is 1. The van der Waals surface area contributed by atoms with Crippen molar-refractivity contribution >= 4 is 5.69 Å². The predicted octanol–water partition coefficient (Wildman–Crippen LogP) is 2.05. The van der Waals surface area contributed by atoms with Crippen LogP contribution >= 0.6 is 0 Å². The Hall–Kier alpha value is -1.42. The summed E-state index contributed by atoms with van der Waals surface area (Å²) in [5, 5.41) is 8.86. The molecule has 4 nitrogen and oxygen atoms in total. The molecular formula is C14H21NO3. The minimum absolute atomic E-state index is 0.194. The number of unbranched alkanes of at least 4 members (excludes halogenated alkanes) is 1. The summed E-state index contributed by atoms with van der Waals surface area (Å²) in [6.45, 7) is 4.15. The average Bonchev–Trinajstić information content (AvgIpc) is 2.38. The zero-order chi connectivity index (χ0) is 13.0. The van der Waals surface area contributed by atoms with E-state index in [0.29, 0.717) is 0 Å². The first kappa shape index (κ1) is 13.0. The number of fused-ring (bicyclic) bond motifs is 1. The molecule has 18 heavy (non-hydrogen) atoms. The van der Waals surface area contributed by atoms with Gasteiger partial charge in [0.2, 0.25) is 0 Å². The summed E-state index contributed by atoms with van der Waals surface area (Å²) in [5.41, 5.74) is 1.09. The number of hydrogen-bond acceptors (Lipinski definition) is 4. The third-order valence-electron chi connectivity index (χ3n) is 3.15. The molecule has 0 spiro atoms. The lowest BCUT2D eigenvalue weighted by Gasteiger charge is -2.35. The Labute approximate surface area is 108 Å². The second-order valence-corrected chi connectivity index (χ2v) is 4.64. The average molecular weight is 251 g/mol. The van der Waals surface area contributed by atoms with Gasteiger partial charge in [-0.15, -0.1) is 0 Å². The van der Waals surface area contributed by atoms with Crippen molar-refractivity contribution in [1.29, 1.82) is 0 Å². The summed E-state index contributed by atoms with van der Waals surface area (Å²) in [6, 6.07) is 5.89. The van der Waals surface area contributed by atoms with Crippen LogP contribution in [0.1, 0.15) is 19.8 Å². The molecule has 2 rings (SSSR count). The number of benzene rings is 1. The molecule has 0 aromatic heterocycles. The number of ether oxygens (including phenoxy) is 2. The fourth-order valence-electron chi connectivity index (χ4n) is 2.26. The van der Waals surface area contributed by atoms with E-state index < -0.39 is 0 Å². The molecule has 0 radical (unpaired) electrons. The van der Waals surface area contributed by atoms with E-state index >= 15 is 0 Å². The zero-order valence-corrected chi connectivity index (χ0v) is 11.1. The van der Waals surface area contributed by atoms with Gasteiger partial charge in [0.25, 0.3) is 0 Å². The highest BCUT2D eigenvalue weighted by Gasteiger charge is 2.22. The lowest BCUT2D eigenvalue weighted by atomic mass is 10.1. The van der Waals surface area contributed by atoms with Crippen molar-refractivity contribution in [3.05, 3.63) is 18.2 Å². The smallest absolute Gasteiger partial charge is 0.143 e. The molecule has 0 amide bonds. The van der Waals surface area contributed by atoms with Gasteiger partial charge in [0.1, 0.15) is 17.6 Å². The number of anilines is 1. The Balaban J connectivity index is 2.16. The van der Waals surface area contributed by atoms with Gasteiger partial charge in [0.05, 0.1) is 19.3 Å². The third kappa shape index (κ3) is 2.88. The first-order chi connectivity index (χ1) is 8.74. The van der Waals surface area contributed by atoms with Crippen LogP contribution in [0.15, 0.2) is 18.2 Å². The van der Waals surface area contributed by atoms with Crippen LogP contribution in [0.3, 0.4) is 0 Å². The molecule has 1 atom stereocenters. The van der Waals surface area contributed by atoms with Crippen LogP contribution in [-0.4, -0.2) is 38.0 Å². The highest BCUT2D eigenvalue weighted by atomic mass is 16.5. The van der Waals surface area contributed by atoms with Crippen LogP contribution < -0.4 is 14.4 Å². The highest BCUT2D eigenvalue weighted by Crippen LogP contribution is 2.36. The SMILES string of the molecule is COc1ccc2c(c1)N(CCCCO)CC(C)O2. The molecule has 0 aliphatic carbocycles. The molecular weight excluding hydrogens is 230 g/mol. The van der Waals surface area contributed by atoms with E-state index in [1.54, 1.807) is 7.11 Å². The molecule has 0 saturated heterocycles. The van der Waals surface area contributed by atoms with Crippen molar-refractivity contribution in [3.63, 3.8) is 0 Å². The largest absolute Gasteiger partial charge is 0.497 e. The molecule has 0 fully saturated rings. The quantitative estimate of drug-likeness (QED) is 0.813. The maximum Gasteiger partial charge on any atom is 0.143 e. The maximum atomic E-state index is 8.86. The molecule has 1 aromatic carbocycles. The van der Waals surface area contributed by atoms with E-state index in [0.717, 1.165) is 43.1 Å². The van der Waals surface area contributed by atoms with E-state index in [2.05, 4.69) is 11.8 Å². The van der Waals surface area contributed by atoms with Gasteiger partial charge in [0.15, 0.2) is 0 Å². The van der Waals surface area contributed by atoms with Gasteiger partial charge in [-0.05, 0) is 31.9 Å². The van der Waals surface area contributed by atoms with E-state index in [4.69, 9.17) is 14.6 Å². The van der Waals surface area contributed by atoms with Gasteiger partial charge in [-0.1, -0.05) is 0 Å². The lowest BCUT2D eigenvalue weighted by Crippen LogP contribution is -2.39. The molecule has 1 aromatic rings. The Morgan fingerprint density at radius 1 is 1.44 bits per heavy atom. The zero-order valence-electron chi connectivity index (χ0n) is 11.1. The Bertz CT molecular complexity index is 395. The van der Waals surface area contributed by atoms with Gasteiger partial charge >= 0.3 is 0 Å². The van der Waals surface area contributed by atoms with E-state index in [-0.39, 0.29) is 12.7 Å². The highest BCUT2D eigenvalue weighted by molar-refractivity contribution is 5.63. The molecule has 0 saturated carbocycles. The van der Waals surface area contributed by atoms with Crippen LogP contribution in [0.4, 0.5) is 5.69 Å². The van der Waals surface area contributed by atoms with E-state index in [1.807, 2.05) is 18.2 Å². The monoisotopic (exact) mass is 251 g/mol. The van der Waals surface area contributed by atoms with Crippen LogP contribution in [0.2, 0.25) is 0 Å². The molecule has 100 valence electrons. The second-order valence-electron chi connectivity index (χ2n) is 4.64. The fourth-order valence-corrected chi connectivity index (χ4v) is 2.26. The first-order valence-electron chi connectivity index (χ1n) is 6.45. The van der Waals surface area contributed by atoms with Gasteiger partial charge in [-0.25, -0.2) is 0 Å². The minimum atomic E-state index is 0.194. The molecule has 1 N–H and O–H groups in total. The first-order valence-corrected chi connectivity index (χ1v) is 6.45. The van der Waals surface area contributed by atoms with E-state index in [9.17, 15) is 0 Å². The Morgan fingerprint density at radius 3 is 3.00 bits per heavy atom.